The summed E-state index contributed by atoms with van der Waals surface area (Å²) in [5.74, 6) is 0.340. The molecule has 0 spiro atoms. The van der Waals surface area contributed by atoms with E-state index in [0.717, 1.165) is 25.1 Å². The third-order valence-corrected chi connectivity index (χ3v) is 2.55. The minimum absolute atomic E-state index is 0.156. The van der Waals surface area contributed by atoms with Crippen LogP contribution in [-0.4, -0.2) is 24.2 Å². The van der Waals surface area contributed by atoms with Crippen LogP contribution in [0.3, 0.4) is 0 Å². The van der Waals surface area contributed by atoms with Crippen molar-refractivity contribution in [1.82, 2.24) is 5.32 Å². The first-order valence-electron chi connectivity index (χ1n) is 5.62. The standard InChI is InChI=1S/C13H15NO3/c15-11-3-5-12(6-4-11)17-13(16)8-10-2-1-7-14-9-10/h2-6,14-15H,1,7-9H2. The lowest BCUT2D eigenvalue weighted by Gasteiger charge is -2.13. The molecule has 90 valence electrons. The second-order valence-electron chi connectivity index (χ2n) is 3.97. The van der Waals surface area contributed by atoms with E-state index in [2.05, 4.69) is 11.4 Å². The molecule has 1 aromatic rings. The Morgan fingerprint density at radius 3 is 2.76 bits per heavy atom. The summed E-state index contributed by atoms with van der Waals surface area (Å²) in [4.78, 5) is 11.6. The highest BCUT2D eigenvalue weighted by Gasteiger charge is 2.10. The summed E-state index contributed by atoms with van der Waals surface area (Å²) in [5, 5.41) is 12.3. The SMILES string of the molecule is O=C(CC1=CCCNC1)Oc1ccc(O)cc1. The van der Waals surface area contributed by atoms with Gasteiger partial charge in [-0.3, -0.25) is 4.79 Å². The topological polar surface area (TPSA) is 58.6 Å². The van der Waals surface area contributed by atoms with E-state index in [1.54, 1.807) is 12.1 Å². The van der Waals surface area contributed by atoms with Crippen LogP contribution >= 0.6 is 0 Å². The molecule has 0 fully saturated rings. The van der Waals surface area contributed by atoms with Gasteiger partial charge in [0, 0.05) is 6.54 Å². The minimum Gasteiger partial charge on any atom is -0.508 e. The summed E-state index contributed by atoms with van der Waals surface area (Å²) in [5.41, 5.74) is 1.07. The first-order valence-corrected chi connectivity index (χ1v) is 5.62. The molecule has 0 unspecified atom stereocenters. The highest BCUT2D eigenvalue weighted by molar-refractivity contribution is 5.75. The number of hydrogen-bond acceptors (Lipinski definition) is 4. The van der Waals surface area contributed by atoms with Crippen molar-refractivity contribution in [2.24, 2.45) is 0 Å². The lowest BCUT2D eigenvalue weighted by molar-refractivity contribution is -0.133. The molecule has 4 nitrogen and oxygen atoms in total. The molecule has 2 rings (SSSR count). The first kappa shape index (κ1) is 11.7. The van der Waals surface area contributed by atoms with Gasteiger partial charge in [-0.15, -0.1) is 0 Å². The zero-order chi connectivity index (χ0) is 12.1. The molecular formula is C13H15NO3. The minimum atomic E-state index is -0.273. The molecule has 0 saturated carbocycles. The Labute approximate surface area is 99.9 Å². The maximum absolute atomic E-state index is 11.6. The number of carbonyl (C=O) groups excluding carboxylic acids is 1. The molecule has 1 aromatic carbocycles. The van der Waals surface area contributed by atoms with E-state index in [0.29, 0.717) is 12.2 Å². The van der Waals surface area contributed by atoms with Crippen molar-refractivity contribution in [3.8, 4) is 11.5 Å². The Bertz CT molecular complexity index is 423. The molecule has 0 saturated heterocycles. The predicted octanol–water partition coefficient (Wildman–Crippen LogP) is 1.61. The van der Waals surface area contributed by atoms with Crippen LogP contribution in [0.15, 0.2) is 35.9 Å². The molecule has 1 aliphatic rings. The zero-order valence-corrected chi connectivity index (χ0v) is 9.48. The molecule has 0 atom stereocenters. The fourth-order valence-corrected chi connectivity index (χ4v) is 1.70. The van der Waals surface area contributed by atoms with E-state index in [1.165, 1.54) is 12.1 Å². The van der Waals surface area contributed by atoms with Gasteiger partial charge in [0.2, 0.25) is 0 Å². The van der Waals surface area contributed by atoms with Crippen LogP contribution in [0.1, 0.15) is 12.8 Å². The highest BCUT2D eigenvalue weighted by atomic mass is 16.5. The summed E-state index contributed by atoms with van der Waals surface area (Å²) in [6.45, 7) is 1.72. The molecule has 0 bridgehead atoms. The normalized spacial score (nSPS) is 15.2. The van der Waals surface area contributed by atoms with Crippen LogP contribution < -0.4 is 10.1 Å². The van der Waals surface area contributed by atoms with Crippen LogP contribution in [0, 0.1) is 0 Å². The van der Waals surface area contributed by atoms with Gasteiger partial charge in [-0.2, -0.15) is 0 Å². The average Bonchev–Trinajstić information content (AvgIpc) is 2.33. The molecule has 17 heavy (non-hydrogen) atoms. The second-order valence-corrected chi connectivity index (χ2v) is 3.97. The smallest absolute Gasteiger partial charge is 0.315 e. The molecular weight excluding hydrogens is 218 g/mol. The molecule has 1 heterocycles. The maximum atomic E-state index is 11.6. The summed E-state index contributed by atoms with van der Waals surface area (Å²) in [7, 11) is 0. The molecule has 0 aromatic heterocycles. The van der Waals surface area contributed by atoms with Crippen LogP contribution in [0.5, 0.6) is 11.5 Å². The van der Waals surface area contributed by atoms with E-state index in [1.807, 2.05) is 0 Å². The van der Waals surface area contributed by atoms with Gasteiger partial charge in [0.1, 0.15) is 11.5 Å². The van der Waals surface area contributed by atoms with E-state index < -0.39 is 0 Å². The molecule has 1 aliphatic heterocycles. The number of rotatable bonds is 3. The van der Waals surface area contributed by atoms with Gasteiger partial charge < -0.3 is 15.2 Å². The molecule has 0 aliphatic carbocycles. The number of aromatic hydroxyl groups is 1. The first-order chi connectivity index (χ1) is 8.24. The third-order valence-electron chi connectivity index (χ3n) is 2.55. The summed E-state index contributed by atoms with van der Waals surface area (Å²) < 4.78 is 5.15. The van der Waals surface area contributed by atoms with Gasteiger partial charge in [0.05, 0.1) is 6.42 Å². The molecule has 4 heteroatoms. The summed E-state index contributed by atoms with van der Waals surface area (Å²) in [6.07, 6.45) is 3.35. The van der Waals surface area contributed by atoms with Crippen LogP contribution in [0.2, 0.25) is 0 Å². The van der Waals surface area contributed by atoms with E-state index in [-0.39, 0.29) is 11.7 Å². The lowest BCUT2D eigenvalue weighted by atomic mass is 10.1. The molecule has 0 amide bonds. The van der Waals surface area contributed by atoms with E-state index in [4.69, 9.17) is 9.84 Å². The molecule has 0 radical (unpaired) electrons. The van der Waals surface area contributed by atoms with E-state index >= 15 is 0 Å². The lowest BCUT2D eigenvalue weighted by Crippen LogP contribution is -2.24. The number of nitrogens with one attached hydrogen (secondary N) is 1. The Morgan fingerprint density at radius 2 is 2.12 bits per heavy atom. The second kappa shape index (κ2) is 5.50. The Kier molecular flexibility index (Phi) is 3.77. The predicted molar refractivity (Wildman–Crippen MR) is 63.9 cm³/mol. The van der Waals surface area contributed by atoms with Gasteiger partial charge >= 0.3 is 5.97 Å². The van der Waals surface area contributed by atoms with Gasteiger partial charge in [-0.1, -0.05) is 6.08 Å². The van der Waals surface area contributed by atoms with Gasteiger partial charge in [0.15, 0.2) is 0 Å². The number of carbonyl (C=O) groups is 1. The van der Waals surface area contributed by atoms with Crippen molar-refractivity contribution in [3.05, 3.63) is 35.9 Å². The van der Waals surface area contributed by atoms with Crippen molar-refractivity contribution in [3.63, 3.8) is 0 Å². The van der Waals surface area contributed by atoms with Crippen LogP contribution in [-0.2, 0) is 4.79 Å². The zero-order valence-electron chi connectivity index (χ0n) is 9.48. The number of benzene rings is 1. The van der Waals surface area contributed by atoms with Gasteiger partial charge in [-0.25, -0.2) is 0 Å². The van der Waals surface area contributed by atoms with Crippen LogP contribution in [0.4, 0.5) is 0 Å². The Morgan fingerprint density at radius 1 is 1.35 bits per heavy atom. The van der Waals surface area contributed by atoms with Crippen molar-refractivity contribution in [2.75, 3.05) is 13.1 Å². The fraction of sp³-hybridized carbons (Fsp3) is 0.308. The summed E-state index contributed by atoms with van der Waals surface area (Å²) >= 11 is 0. The van der Waals surface area contributed by atoms with Gasteiger partial charge in [0.25, 0.3) is 0 Å². The maximum Gasteiger partial charge on any atom is 0.315 e. The summed E-state index contributed by atoms with van der Waals surface area (Å²) in [6, 6.07) is 6.12. The number of hydrogen-bond donors (Lipinski definition) is 2. The number of esters is 1. The van der Waals surface area contributed by atoms with Crippen molar-refractivity contribution >= 4 is 5.97 Å². The highest BCUT2D eigenvalue weighted by Crippen LogP contribution is 2.17. The van der Waals surface area contributed by atoms with E-state index in [9.17, 15) is 4.79 Å². The third kappa shape index (κ3) is 3.60. The monoisotopic (exact) mass is 233 g/mol. The quantitative estimate of drug-likeness (QED) is 0.473. The van der Waals surface area contributed by atoms with Crippen LogP contribution in [0.25, 0.3) is 0 Å². The largest absolute Gasteiger partial charge is 0.508 e. The van der Waals surface area contributed by atoms with Crippen molar-refractivity contribution < 1.29 is 14.6 Å². The fourth-order valence-electron chi connectivity index (χ4n) is 1.70. The Balaban J connectivity index is 1.88. The van der Waals surface area contributed by atoms with Gasteiger partial charge in [-0.05, 0) is 42.8 Å². The van der Waals surface area contributed by atoms with Crippen molar-refractivity contribution in [2.45, 2.75) is 12.8 Å². The molecule has 2 N–H and O–H groups in total. The number of phenolic OH excluding ortho intramolecular Hbond substituents is 1. The average molecular weight is 233 g/mol. The number of phenols is 1. The Hall–Kier alpha value is -1.81. The number of ether oxygens (including phenoxy) is 1. The van der Waals surface area contributed by atoms with Crippen molar-refractivity contribution in [1.29, 1.82) is 0 Å².